The number of benzene rings is 2. The lowest BCUT2D eigenvalue weighted by atomic mass is 10.1. The molecule has 3 amide bonds. The number of carbonyl (C=O) groups excluding carboxylic acids is 2. The summed E-state index contributed by atoms with van der Waals surface area (Å²) < 4.78 is 96.8. The van der Waals surface area contributed by atoms with E-state index >= 15 is 0 Å². The molecule has 28 heavy (non-hydrogen) atoms. The van der Waals surface area contributed by atoms with E-state index in [2.05, 4.69) is 4.74 Å². The average molecular weight is 410 g/mol. The monoisotopic (exact) mass is 410 g/mol. The van der Waals surface area contributed by atoms with Gasteiger partial charge >= 0.3 is 18.6 Å². The van der Waals surface area contributed by atoms with E-state index in [-0.39, 0.29) is 0 Å². The van der Waals surface area contributed by atoms with Crippen molar-refractivity contribution in [3.05, 3.63) is 59.4 Å². The van der Waals surface area contributed by atoms with Gasteiger partial charge in [0.2, 0.25) is 0 Å². The van der Waals surface area contributed by atoms with Gasteiger partial charge in [0.15, 0.2) is 11.6 Å². The number of alkyl halides is 4. The predicted octanol–water partition coefficient (Wildman–Crippen LogP) is 4.07. The molecule has 0 aliphatic heterocycles. The molecule has 0 heterocycles. The van der Waals surface area contributed by atoms with Gasteiger partial charge in [0.25, 0.3) is 5.91 Å². The highest BCUT2D eigenvalue weighted by atomic mass is 19.3. The molecule has 0 fully saturated rings. The lowest BCUT2D eigenvalue weighted by Gasteiger charge is -2.24. The van der Waals surface area contributed by atoms with Crippen LogP contribution in [0.1, 0.15) is 10.4 Å². The zero-order valence-electron chi connectivity index (χ0n) is 13.4. The Balaban J connectivity index is 2.65. The van der Waals surface area contributed by atoms with Crippen molar-refractivity contribution in [2.45, 2.75) is 12.5 Å². The number of rotatable bonds is 5. The Kier molecular flexibility index (Phi) is 5.81. The van der Waals surface area contributed by atoms with Crippen LogP contribution in [0, 0.1) is 17.5 Å². The molecule has 2 aromatic carbocycles. The highest BCUT2D eigenvalue weighted by molar-refractivity contribution is 6.21. The summed E-state index contributed by atoms with van der Waals surface area (Å²) in [6.07, 6.45) is -9.50. The van der Waals surface area contributed by atoms with Gasteiger partial charge in [-0.1, -0.05) is 12.1 Å². The molecule has 0 atom stereocenters. The van der Waals surface area contributed by atoms with Crippen LogP contribution in [0.25, 0.3) is 0 Å². The van der Waals surface area contributed by atoms with Gasteiger partial charge in [0.1, 0.15) is 22.9 Å². The second-order valence-electron chi connectivity index (χ2n) is 5.13. The summed E-state index contributed by atoms with van der Waals surface area (Å²) in [6.45, 7) is 0. The molecule has 2 rings (SSSR count). The van der Waals surface area contributed by atoms with Crippen molar-refractivity contribution < 1.29 is 45.1 Å². The first-order chi connectivity index (χ1) is 13.0. The maximum absolute atomic E-state index is 14.2. The molecule has 0 radical (unpaired) electrons. The van der Waals surface area contributed by atoms with Gasteiger partial charge in [-0.3, -0.25) is 4.79 Å². The van der Waals surface area contributed by atoms with E-state index in [1.165, 1.54) is 0 Å². The van der Waals surface area contributed by atoms with E-state index < -0.39 is 63.8 Å². The maximum Gasteiger partial charge on any atom is 0.461 e. The summed E-state index contributed by atoms with van der Waals surface area (Å²) in [5, 5.41) is 0. The molecule has 12 heteroatoms. The number of primary amides is 1. The van der Waals surface area contributed by atoms with Crippen LogP contribution in [0.15, 0.2) is 36.4 Å². The minimum atomic E-state index is -5.14. The predicted molar refractivity (Wildman–Crippen MR) is 80.7 cm³/mol. The van der Waals surface area contributed by atoms with E-state index in [1.807, 2.05) is 0 Å². The fraction of sp³-hybridized carbons (Fsp3) is 0.125. The molecule has 0 spiro atoms. The summed E-state index contributed by atoms with van der Waals surface area (Å²) in [6, 6.07) is 2.08. The first-order valence-corrected chi connectivity index (χ1v) is 7.18. The summed E-state index contributed by atoms with van der Waals surface area (Å²) >= 11 is 0. The third kappa shape index (κ3) is 4.00. The van der Waals surface area contributed by atoms with Crippen molar-refractivity contribution >= 4 is 17.6 Å². The fourth-order valence-corrected chi connectivity index (χ4v) is 2.11. The third-order valence-electron chi connectivity index (χ3n) is 3.27. The highest BCUT2D eigenvalue weighted by Crippen LogP contribution is 2.37. The lowest BCUT2D eigenvalue weighted by Crippen LogP contribution is -2.43. The SMILES string of the molecule is NC(=O)N(C(=O)c1c(F)cccc1F)c1c(F)cccc1OC(F)(F)C(F)F. The molecule has 2 aromatic rings. The van der Waals surface area contributed by atoms with E-state index in [0.29, 0.717) is 24.3 Å². The van der Waals surface area contributed by atoms with Gasteiger partial charge in [-0.15, -0.1) is 0 Å². The van der Waals surface area contributed by atoms with Crippen LogP contribution in [-0.4, -0.2) is 24.5 Å². The molecular formula is C16H9F7N2O3. The molecule has 0 aliphatic carbocycles. The van der Waals surface area contributed by atoms with Gasteiger partial charge in [-0.05, 0) is 24.3 Å². The van der Waals surface area contributed by atoms with E-state index in [1.54, 1.807) is 0 Å². The number of carbonyl (C=O) groups is 2. The Morgan fingerprint density at radius 1 is 0.964 bits per heavy atom. The smallest absolute Gasteiger partial charge is 0.426 e. The van der Waals surface area contributed by atoms with Crippen LogP contribution < -0.4 is 15.4 Å². The molecule has 5 nitrogen and oxygen atoms in total. The molecule has 0 aliphatic rings. The molecule has 0 aromatic heterocycles. The minimum Gasteiger partial charge on any atom is -0.426 e. The second kappa shape index (κ2) is 7.74. The Morgan fingerprint density at radius 2 is 1.46 bits per heavy atom. The number of halogens is 7. The zero-order valence-corrected chi connectivity index (χ0v) is 13.4. The Morgan fingerprint density at radius 3 is 1.96 bits per heavy atom. The number of hydrogen-bond donors (Lipinski definition) is 1. The lowest BCUT2D eigenvalue weighted by molar-refractivity contribution is -0.253. The number of amides is 3. The molecule has 0 saturated carbocycles. The summed E-state index contributed by atoms with van der Waals surface area (Å²) in [4.78, 5) is 23.7. The van der Waals surface area contributed by atoms with Crippen molar-refractivity contribution in [3.8, 4) is 5.75 Å². The minimum absolute atomic E-state index is 0.409. The molecule has 0 unspecified atom stereocenters. The molecule has 150 valence electrons. The normalized spacial score (nSPS) is 11.4. The van der Waals surface area contributed by atoms with Crippen LogP contribution in [0.4, 0.5) is 41.2 Å². The molecule has 2 N–H and O–H groups in total. The number of urea groups is 1. The highest BCUT2D eigenvalue weighted by Gasteiger charge is 2.45. The first kappa shape index (κ1) is 21.0. The van der Waals surface area contributed by atoms with E-state index in [4.69, 9.17) is 5.73 Å². The molecular weight excluding hydrogens is 401 g/mol. The molecule has 0 saturated heterocycles. The Bertz CT molecular complexity index is 901. The fourth-order valence-electron chi connectivity index (χ4n) is 2.11. The van der Waals surface area contributed by atoms with Crippen molar-refractivity contribution in [3.63, 3.8) is 0 Å². The quantitative estimate of drug-likeness (QED) is 0.756. The van der Waals surface area contributed by atoms with Crippen LogP contribution >= 0.6 is 0 Å². The zero-order chi connectivity index (χ0) is 21.2. The number of ether oxygens (including phenoxy) is 1. The Labute approximate surface area is 152 Å². The number of nitrogens with two attached hydrogens (primary N) is 1. The van der Waals surface area contributed by atoms with Crippen LogP contribution in [0.5, 0.6) is 5.75 Å². The largest absolute Gasteiger partial charge is 0.461 e. The van der Waals surface area contributed by atoms with Gasteiger partial charge in [0.05, 0.1) is 0 Å². The van der Waals surface area contributed by atoms with E-state index in [9.17, 15) is 40.3 Å². The van der Waals surface area contributed by atoms with Gasteiger partial charge in [-0.25, -0.2) is 22.9 Å². The first-order valence-electron chi connectivity index (χ1n) is 7.18. The number of para-hydroxylation sites is 1. The topological polar surface area (TPSA) is 72.6 Å². The molecule has 0 bridgehead atoms. The number of hydrogen-bond acceptors (Lipinski definition) is 3. The van der Waals surface area contributed by atoms with Crippen LogP contribution in [0.3, 0.4) is 0 Å². The van der Waals surface area contributed by atoms with Crippen LogP contribution in [-0.2, 0) is 0 Å². The summed E-state index contributed by atoms with van der Waals surface area (Å²) in [5.74, 6) is -7.82. The average Bonchev–Trinajstić information content (AvgIpc) is 2.56. The number of imide groups is 1. The standard InChI is InChI=1S/C16H9F7N2O3/c17-7-3-1-4-8(18)11(7)13(26)25(15(24)27)12-9(19)5-2-6-10(12)28-16(22,23)14(20)21/h1-6,14H,(H2,24,27). The van der Waals surface area contributed by atoms with Crippen molar-refractivity contribution in [1.82, 2.24) is 0 Å². The summed E-state index contributed by atoms with van der Waals surface area (Å²) in [7, 11) is 0. The summed E-state index contributed by atoms with van der Waals surface area (Å²) in [5.41, 5.74) is 2.14. The van der Waals surface area contributed by atoms with Crippen molar-refractivity contribution in [2.24, 2.45) is 5.73 Å². The number of anilines is 1. The maximum atomic E-state index is 14.2. The van der Waals surface area contributed by atoms with Gasteiger partial charge in [-0.2, -0.15) is 17.6 Å². The van der Waals surface area contributed by atoms with Crippen molar-refractivity contribution in [1.29, 1.82) is 0 Å². The Hall–Kier alpha value is -3.31. The number of nitrogens with zero attached hydrogens (tertiary/aromatic N) is 1. The second-order valence-corrected chi connectivity index (χ2v) is 5.13. The van der Waals surface area contributed by atoms with Gasteiger partial charge < -0.3 is 10.5 Å². The third-order valence-corrected chi connectivity index (χ3v) is 3.27. The van der Waals surface area contributed by atoms with Gasteiger partial charge in [0, 0.05) is 0 Å². The van der Waals surface area contributed by atoms with Crippen molar-refractivity contribution in [2.75, 3.05) is 4.90 Å². The van der Waals surface area contributed by atoms with E-state index in [0.717, 1.165) is 12.1 Å². The van der Waals surface area contributed by atoms with Crippen LogP contribution in [0.2, 0.25) is 0 Å².